The van der Waals surface area contributed by atoms with Crippen LogP contribution in [0.5, 0.6) is 0 Å². The molecule has 0 aromatic carbocycles. The van der Waals surface area contributed by atoms with E-state index in [-0.39, 0.29) is 0 Å². The lowest BCUT2D eigenvalue weighted by atomic mass is 10.2. The summed E-state index contributed by atoms with van der Waals surface area (Å²) in [5.41, 5.74) is 7.98. The van der Waals surface area contributed by atoms with Crippen molar-refractivity contribution in [3.05, 3.63) is 29.6 Å². The Morgan fingerprint density at radius 2 is 2.40 bits per heavy atom. The molecule has 82 valence electrons. The van der Waals surface area contributed by atoms with Crippen LogP contribution in [0.3, 0.4) is 0 Å². The zero-order valence-corrected chi connectivity index (χ0v) is 9.33. The monoisotopic (exact) mass is 206 g/mol. The first-order valence-electron chi connectivity index (χ1n) is 5.17. The Morgan fingerprint density at radius 1 is 1.60 bits per heavy atom. The van der Waals surface area contributed by atoms with Gasteiger partial charge in [-0.3, -0.25) is 4.98 Å². The van der Waals surface area contributed by atoms with Gasteiger partial charge in [0, 0.05) is 18.9 Å². The van der Waals surface area contributed by atoms with Crippen molar-refractivity contribution in [3.63, 3.8) is 0 Å². The second-order valence-electron chi connectivity index (χ2n) is 3.43. The molecule has 3 N–H and O–H groups in total. The Bertz CT molecular complexity index is 333. The lowest BCUT2D eigenvalue weighted by molar-refractivity contribution is 0.824. The number of nitrogens with two attached hydrogens (primary N) is 1. The van der Waals surface area contributed by atoms with E-state index in [4.69, 9.17) is 5.73 Å². The molecular formula is C11H18N4. The molecule has 0 bridgehead atoms. The molecule has 0 amide bonds. The first kappa shape index (κ1) is 11.5. The van der Waals surface area contributed by atoms with Gasteiger partial charge in [-0.1, -0.05) is 6.92 Å². The third kappa shape index (κ3) is 3.97. The second-order valence-corrected chi connectivity index (χ2v) is 3.43. The number of aromatic nitrogens is 1. The predicted molar refractivity (Wildman–Crippen MR) is 62.6 cm³/mol. The van der Waals surface area contributed by atoms with Gasteiger partial charge in [0.05, 0.1) is 6.54 Å². The molecule has 0 radical (unpaired) electrons. The quantitative estimate of drug-likeness (QED) is 0.575. The first-order valence-corrected chi connectivity index (χ1v) is 5.17. The summed E-state index contributed by atoms with van der Waals surface area (Å²) >= 11 is 0. The Balaban J connectivity index is 2.52. The molecule has 1 heterocycles. The van der Waals surface area contributed by atoms with Gasteiger partial charge in [0.25, 0.3) is 0 Å². The summed E-state index contributed by atoms with van der Waals surface area (Å²) in [5.74, 6) is 0.500. The van der Waals surface area contributed by atoms with E-state index in [9.17, 15) is 0 Å². The van der Waals surface area contributed by atoms with Crippen LogP contribution in [0.2, 0.25) is 0 Å². The second kappa shape index (κ2) is 6.01. The van der Waals surface area contributed by atoms with E-state index in [0.29, 0.717) is 12.5 Å². The number of rotatable bonds is 4. The Kier molecular flexibility index (Phi) is 4.60. The summed E-state index contributed by atoms with van der Waals surface area (Å²) in [5, 5.41) is 3.03. The van der Waals surface area contributed by atoms with Crippen LogP contribution < -0.4 is 11.1 Å². The third-order valence-corrected chi connectivity index (χ3v) is 2.12. The van der Waals surface area contributed by atoms with Crippen LogP contribution in [0.4, 0.5) is 0 Å². The number of aliphatic imine (C=N–C) groups is 1. The molecular weight excluding hydrogens is 188 g/mol. The highest BCUT2D eigenvalue weighted by atomic mass is 15.1. The number of aryl methyl sites for hydroxylation is 1. The van der Waals surface area contributed by atoms with Crippen LogP contribution >= 0.6 is 0 Å². The van der Waals surface area contributed by atoms with E-state index in [2.05, 4.69) is 22.2 Å². The smallest absolute Gasteiger partial charge is 0.188 e. The molecule has 0 aliphatic rings. The van der Waals surface area contributed by atoms with Crippen molar-refractivity contribution in [2.45, 2.75) is 26.8 Å². The average Bonchev–Trinajstić information content (AvgIpc) is 2.25. The number of guanidine groups is 1. The van der Waals surface area contributed by atoms with Gasteiger partial charge in [-0.2, -0.15) is 0 Å². The summed E-state index contributed by atoms with van der Waals surface area (Å²) < 4.78 is 0. The van der Waals surface area contributed by atoms with Crippen molar-refractivity contribution in [1.29, 1.82) is 0 Å². The molecule has 0 saturated heterocycles. The molecule has 0 spiro atoms. The van der Waals surface area contributed by atoms with Gasteiger partial charge in [0.1, 0.15) is 0 Å². The number of hydrogen-bond donors (Lipinski definition) is 2. The highest BCUT2D eigenvalue weighted by molar-refractivity contribution is 5.77. The van der Waals surface area contributed by atoms with Gasteiger partial charge >= 0.3 is 0 Å². The minimum absolute atomic E-state index is 0.500. The molecule has 1 aromatic heterocycles. The van der Waals surface area contributed by atoms with Crippen LogP contribution in [0, 0.1) is 6.92 Å². The maximum atomic E-state index is 5.68. The van der Waals surface area contributed by atoms with Gasteiger partial charge in [-0.25, -0.2) is 4.99 Å². The van der Waals surface area contributed by atoms with Crippen LogP contribution in [0.15, 0.2) is 23.5 Å². The number of hydrogen-bond acceptors (Lipinski definition) is 2. The SMILES string of the molecule is CCCNC(N)=NCc1cnccc1C. The topological polar surface area (TPSA) is 63.3 Å². The summed E-state index contributed by atoms with van der Waals surface area (Å²) in [6.45, 7) is 5.58. The van der Waals surface area contributed by atoms with Crippen molar-refractivity contribution >= 4 is 5.96 Å². The molecule has 15 heavy (non-hydrogen) atoms. The van der Waals surface area contributed by atoms with Gasteiger partial charge in [0.2, 0.25) is 0 Å². The highest BCUT2D eigenvalue weighted by Gasteiger charge is 1.96. The summed E-state index contributed by atoms with van der Waals surface area (Å²) in [7, 11) is 0. The van der Waals surface area contributed by atoms with E-state index >= 15 is 0 Å². The van der Waals surface area contributed by atoms with Crippen molar-refractivity contribution in [1.82, 2.24) is 10.3 Å². The summed E-state index contributed by atoms with van der Waals surface area (Å²) in [4.78, 5) is 8.29. The molecule has 0 aliphatic heterocycles. The number of pyridine rings is 1. The Labute approximate surface area is 90.6 Å². The van der Waals surface area contributed by atoms with Crippen molar-refractivity contribution in [2.75, 3.05) is 6.54 Å². The highest BCUT2D eigenvalue weighted by Crippen LogP contribution is 2.05. The van der Waals surface area contributed by atoms with Gasteiger partial charge in [-0.15, -0.1) is 0 Å². The molecule has 4 nitrogen and oxygen atoms in total. The predicted octanol–water partition coefficient (Wildman–Crippen LogP) is 1.20. The maximum absolute atomic E-state index is 5.68. The van der Waals surface area contributed by atoms with Gasteiger partial charge in [-0.05, 0) is 30.5 Å². The zero-order valence-electron chi connectivity index (χ0n) is 9.33. The summed E-state index contributed by atoms with van der Waals surface area (Å²) in [6, 6.07) is 1.97. The maximum Gasteiger partial charge on any atom is 0.188 e. The molecule has 0 saturated carbocycles. The fourth-order valence-corrected chi connectivity index (χ4v) is 1.14. The molecule has 1 aromatic rings. The summed E-state index contributed by atoms with van der Waals surface area (Å²) in [6.07, 6.45) is 4.65. The van der Waals surface area contributed by atoms with Crippen LogP contribution in [0.25, 0.3) is 0 Å². The van der Waals surface area contributed by atoms with E-state index in [1.165, 1.54) is 5.56 Å². The van der Waals surface area contributed by atoms with Crippen molar-refractivity contribution in [2.24, 2.45) is 10.7 Å². The van der Waals surface area contributed by atoms with Crippen LogP contribution in [0.1, 0.15) is 24.5 Å². The zero-order chi connectivity index (χ0) is 11.1. The lowest BCUT2D eigenvalue weighted by Crippen LogP contribution is -2.32. The molecule has 1 rings (SSSR count). The minimum atomic E-state index is 0.500. The minimum Gasteiger partial charge on any atom is -0.370 e. The normalized spacial score (nSPS) is 11.5. The fraction of sp³-hybridized carbons (Fsp3) is 0.455. The van der Waals surface area contributed by atoms with Crippen LogP contribution in [-0.4, -0.2) is 17.5 Å². The van der Waals surface area contributed by atoms with Gasteiger partial charge < -0.3 is 11.1 Å². The first-order chi connectivity index (χ1) is 7.24. The van der Waals surface area contributed by atoms with Crippen LogP contribution in [-0.2, 0) is 6.54 Å². The lowest BCUT2D eigenvalue weighted by Gasteiger charge is -2.04. The fourth-order valence-electron chi connectivity index (χ4n) is 1.14. The van der Waals surface area contributed by atoms with Gasteiger partial charge in [0.15, 0.2) is 5.96 Å². The van der Waals surface area contributed by atoms with E-state index < -0.39 is 0 Å². The number of nitrogens with zero attached hydrogens (tertiary/aromatic N) is 2. The molecule has 0 aliphatic carbocycles. The molecule has 0 unspecified atom stereocenters. The molecule has 0 fully saturated rings. The largest absolute Gasteiger partial charge is 0.370 e. The Morgan fingerprint density at radius 3 is 3.07 bits per heavy atom. The number of nitrogens with one attached hydrogen (secondary N) is 1. The standard InChI is InChI=1S/C11H18N4/c1-3-5-14-11(12)15-8-10-7-13-6-4-9(10)2/h4,6-7H,3,5,8H2,1-2H3,(H3,12,14,15). The van der Waals surface area contributed by atoms with E-state index in [1.807, 2.05) is 19.2 Å². The van der Waals surface area contributed by atoms with Crippen molar-refractivity contribution in [3.8, 4) is 0 Å². The average molecular weight is 206 g/mol. The molecule has 4 heteroatoms. The Hall–Kier alpha value is -1.58. The van der Waals surface area contributed by atoms with E-state index in [1.54, 1.807) is 6.20 Å². The van der Waals surface area contributed by atoms with E-state index in [0.717, 1.165) is 18.5 Å². The molecule has 0 atom stereocenters. The third-order valence-electron chi connectivity index (χ3n) is 2.12. The van der Waals surface area contributed by atoms with Crippen molar-refractivity contribution < 1.29 is 0 Å².